The molecular formula is C56H55BBrF3N6O10S4. The molecule has 0 aliphatic carbocycles. The van der Waals surface area contributed by atoms with Gasteiger partial charge in [-0.15, -0.1) is 22.7 Å². The molecule has 3 aliphatic rings. The molecule has 1 fully saturated rings. The van der Waals surface area contributed by atoms with Crippen LogP contribution < -0.4 is 23.7 Å². The van der Waals surface area contributed by atoms with Crippen molar-refractivity contribution >= 4 is 81.9 Å². The fourth-order valence-electron chi connectivity index (χ4n) is 9.03. The van der Waals surface area contributed by atoms with Crippen molar-refractivity contribution in [3.63, 3.8) is 0 Å². The summed E-state index contributed by atoms with van der Waals surface area (Å²) in [6.45, 7) is 8.78. The first-order valence-electron chi connectivity index (χ1n) is 25.2. The minimum atomic E-state index is -5.59. The number of nitrogens with zero attached hydrogens (tertiary/aromatic N) is 4. The molecule has 25 heteroatoms. The van der Waals surface area contributed by atoms with Crippen LogP contribution in [0.25, 0.3) is 32.7 Å². The van der Waals surface area contributed by atoms with Crippen molar-refractivity contribution in [3.8, 4) is 44.2 Å². The van der Waals surface area contributed by atoms with Gasteiger partial charge in [-0.2, -0.15) is 21.6 Å². The minimum absolute atomic E-state index is 0.101. The number of benzene rings is 4. The average molecular weight is 1250 g/mol. The third-order valence-electron chi connectivity index (χ3n) is 14.0. The number of para-hydroxylation sites is 2. The zero-order valence-electron chi connectivity index (χ0n) is 44.2. The molecule has 0 amide bonds. The zero-order chi connectivity index (χ0) is 57.9. The average Bonchev–Trinajstić information content (AvgIpc) is 4.23. The van der Waals surface area contributed by atoms with E-state index in [1.807, 2.05) is 82.3 Å². The molecule has 4 aromatic carbocycles. The minimum Gasteiger partial charge on any atom is -0.493 e. The Bertz CT molecular complexity index is 3680. The molecule has 0 unspecified atom stereocenters. The van der Waals surface area contributed by atoms with E-state index in [1.54, 1.807) is 88.3 Å². The molecule has 0 spiro atoms. The van der Waals surface area contributed by atoms with Gasteiger partial charge in [0, 0.05) is 80.3 Å². The standard InChI is InChI=1S/C25H20F3N3O4S2.C22H21BrN2O4S.C9H14BNO2S/c26-25(27,28)37(33,34)31-21-4-2-1-3-19(21)15-6-8-20-22(10-15)35-13-17(24(20)32)9-18-7-5-16(11-30-18)23-12-29-14-36-23;1-30(27,28)25-20-5-3-2-4-18(20)14-6-9-19-21(11-14)29-13-15(22(19)26)10-17-8-7-16(23)12-24-17;1-8(2)9(3,4)13-10(12-8)7-5-11-6-14-7/h1-8,10-12,14,17,24,31-32H,9,13H2;2-9,11-12,15,22,25-26H,10,13H2,1H3;5-6H,1-4H3/t17-,24+;15-,22+;/m11./s1. The molecule has 16 nitrogen and oxygen atoms in total. The molecule has 4 aromatic heterocycles. The number of alkyl halides is 3. The molecule has 3 aliphatic heterocycles. The van der Waals surface area contributed by atoms with Crippen LogP contribution in [0, 0.1) is 11.8 Å². The number of sulfonamides is 2. The lowest BCUT2D eigenvalue weighted by Crippen LogP contribution is -2.41. The molecular weight excluding hydrogens is 1190 g/mol. The summed E-state index contributed by atoms with van der Waals surface area (Å²) in [7, 11) is -9.25. The van der Waals surface area contributed by atoms with Crippen LogP contribution in [0.3, 0.4) is 0 Å². The second-order valence-electron chi connectivity index (χ2n) is 20.3. The number of hydrogen-bond acceptors (Lipinski definition) is 16. The van der Waals surface area contributed by atoms with Crippen LogP contribution in [0.1, 0.15) is 62.4 Å². The van der Waals surface area contributed by atoms with Crippen LogP contribution in [0.5, 0.6) is 11.5 Å². The number of nitrogens with one attached hydrogen (secondary N) is 2. The molecule has 7 heterocycles. The van der Waals surface area contributed by atoms with E-state index in [2.05, 4.69) is 40.6 Å². The number of pyridine rings is 2. The summed E-state index contributed by atoms with van der Waals surface area (Å²) in [5.41, 5.74) is 3.98. The molecule has 8 aromatic rings. The fourth-order valence-corrected chi connectivity index (χ4v) is 11.6. The second-order valence-corrected chi connectivity index (χ2v) is 26.5. The number of thiazole rings is 2. The molecule has 4 N–H and O–H groups in total. The first-order valence-corrected chi connectivity index (χ1v) is 31.1. The molecule has 11 rings (SSSR count). The molecule has 424 valence electrons. The zero-order valence-corrected chi connectivity index (χ0v) is 49.0. The lowest BCUT2D eigenvalue weighted by atomic mass is 9.88. The Balaban J connectivity index is 0.000000160. The van der Waals surface area contributed by atoms with E-state index in [-0.39, 0.29) is 48.0 Å². The summed E-state index contributed by atoms with van der Waals surface area (Å²) in [6, 6.07) is 31.0. The maximum atomic E-state index is 12.9. The maximum Gasteiger partial charge on any atom is 0.516 e. The highest BCUT2D eigenvalue weighted by molar-refractivity contribution is 9.10. The van der Waals surface area contributed by atoms with E-state index < -0.39 is 37.8 Å². The molecule has 1 saturated heterocycles. The van der Waals surface area contributed by atoms with Crippen molar-refractivity contribution in [2.75, 3.05) is 28.9 Å². The number of aliphatic hydroxyl groups excluding tert-OH is 2. The van der Waals surface area contributed by atoms with Crippen molar-refractivity contribution < 1.29 is 59.0 Å². The van der Waals surface area contributed by atoms with Crippen LogP contribution in [-0.4, -0.2) is 90.3 Å². The second kappa shape index (κ2) is 24.3. The van der Waals surface area contributed by atoms with Gasteiger partial charge in [0.1, 0.15) is 11.5 Å². The topological polar surface area (TPSA) is 221 Å². The van der Waals surface area contributed by atoms with Crippen LogP contribution in [0.4, 0.5) is 24.5 Å². The van der Waals surface area contributed by atoms with Gasteiger partial charge < -0.3 is 29.0 Å². The summed E-state index contributed by atoms with van der Waals surface area (Å²) in [5.74, 6) is 0.625. The molecule has 0 saturated carbocycles. The highest BCUT2D eigenvalue weighted by atomic mass is 79.9. The van der Waals surface area contributed by atoms with E-state index in [0.717, 1.165) is 54.0 Å². The summed E-state index contributed by atoms with van der Waals surface area (Å²) in [6.07, 6.45) is 7.78. The van der Waals surface area contributed by atoms with Gasteiger partial charge in [0.2, 0.25) is 10.0 Å². The summed E-state index contributed by atoms with van der Waals surface area (Å²) in [4.78, 5) is 18.0. The first-order chi connectivity index (χ1) is 38.3. The first kappa shape index (κ1) is 59.3. The van der Waals surface area contributed by atoms with Gasteiger partial charge in [0.25, 0.3) is 0 Å². The van der Waals surface area contributed by atoms with Gasteiger partial charge in [0.05, 0.1) is 74.9 Å². The predicted octanol–water partition coefficient (Wildman–Crippen LogP) is 11.0. The Labute approximate surface area is 484 Å². The lowest BCUT2D eigenvalue weighted by Gasteiger charge is -2.32. The number of aliphatic hydroxyl groups is 2. The van der Waals surface area contributed by atoms with Gasteiger partial charge in [-0.25, -0.2) is 8.42 Å². The van der Waals surface area contributed by atoms with Crippen molar-refractivity contribution in [2.24, 2.45) is 11.8 Å². The van der Waals surface area contributed by atoms with Crippen LogP contribution in [0.2, 0.25) is 0 Å². The van der Waals surface area contributed by atoms with Crippen molar-refractivity contribution in [1.29, 1.82) is 0 Å². The normalized spacial score (nSPS) is 19.0. The molecule has 0 radical (unpaired) electrons. The largest absolute Gasteiger partial charge is 0.516 e. The van der Waals surface area contributed by atoms with Gasteiger partial charge in [-0.1, -0.05) is 66.7 Å². The van der Waals surface area contributed by atoms with E-state index in [1.165, 1.54) is 29.5 Å². The Hall–Kier alpha value is -6.29. The van der Waals surface area contributed by atoms with Crippen LogP contribution in [-0.2, 0) is 42.2 Å². The summed E-state index contributed by atoms with van der Waals surface area (Å²) >= 11 is 6.46. The number of halogens is 4. The van der Waals surface area contributed by atoms with Crippen molar-refractivity contribution in [3.05, 3.63) is 172 Å². The van der Waals surface area contributed by atoms with E-state index in [0.29, 0.717) is 47.8 Å². The number of hydrogen-bond donors (Lipinski definition) is 4. The van der Waals surface area contributed by atoms with E-state index in [9.17, 15) is 40.2 Å². The Morgan fingerprint density at radius 2 is 1.15 bits per heavy atom. The van der Waals surface area contributed by atoms with Crippen molar-refractivity contribution in [2.45, 2.75) is 69.5 Å². The third kappa shape index (κ3) is 14.1. The molecule has 81 heavy (non-hydrogen) atoms. The van der Waals surface area contributed by atoms with Gasteiger partial charge in [-0.05, 0) is 110 Å². The highest BCUT2D eigenvalue weighted by Crippen LogP contribution is 2.43. The van der Waals surface area contributed by atoms with E-state index >= 15 is 0 Å². The predicted molar refractivity (Wildman–Crippen MR) is 311 cm³/mol. The Morgan fingerprint density at radius 1 is 0.654 bits per heavy atom. The quantitative estimate of drug-likeness (QED) is 0.0836. The Kier molecular flexibility index (Phi) is 17.8. The smallest absolute Gasteiger partial charge is 0.493 e. The SMILES string of the molecule is CC1(C)OB(c2cncs2)OC1(C)C.CS(=O)(=O)Nc1ccccc1-c1ccc2c(c1)OC[C@@H](Cc1ccc(Br)cn1)[C@@H]2O.O=S(=O)(Nc1ccccc1-c1ccc2c(c1)OC[C@@H](Cc1ccc(-c3cncs3)cn1)[C@@H]2O)C(F)(F)F. The van der Waals surface area contributed by atoms with Gasteiger partial charge >= 0.3 is 22.7 Å². The van der Waals surface area contributed by atoms with Crippen LogP contribution >= 0.6 is 38.6 Å². The maximum absolute atomic E-state index is 12.9. The molecule has 4 atom stereocenters. The van der Waals surface area contributed by atoms with Gasteiger partial charge in [0.15, 0.2) is 0 Å². The number of ether oxygens (including phenoxy) is 2. The number of anilines is 2. The van der Waals surface area contributed by atoms with Crippen LogP contribution in [0.15, 0.2) is 149 Å². The summed E-state index contributed by atoms with van der Waals surface area (Å²) in [5, 5.41) is 21.9. The molecule has 0 bridgehead atoms. The van der Waals surface area contributed by atoms with E-state index in [4.69, 9.17) is 18.8 Å². The Morgan fingerprint density at radius 3 is 1.60 bits per heavy atom. The lowest BCUT2D eigenvalue weighted by molar-refractivity contribution is -0.0429. The summed E-state index contributed by atoms with van der Waals surface area (Å²) < 4.78 is 115. The number of rotatable bonds is 12. The monoisotopic (exact) mass is 1250 g/mol. The third-order valence-corrected chi connectivity index (χ3v) is 17.8. The highest BCUT2D eigenvalue weighted by Gasteiger charge is 2.52. The van der Waals surface area contributed by atoms with Crippen molar-refractivity contribution in [1.82, 2.24) is 19.9 Å². The number of fused-ring (bicyclic) bond motifs is 2. The van der Waals surface area contributed by atoms with Gasteiger partial charge in [-0.3, -0.25) is 29.4 Å². The fraction of sp³-hybridized carbons (Fsp3) is 0.286. The number of aromatic nitrogens is 4.